The Balaban J connectivity index is 1.84. The molecule has 0 saturated carbocycles. The van der Waals surface area contributed by atoms with E-state index in [9.17, 15) is 19.7 Å². The number of carbonyl (C=O) groups is 2. The van der Waals surface area contributed by atoms with E-state index < -0.39 is 11.9 Å². The van der Waals surface area contributed by atoms with Gasteiger partial charge in [0.05, 0.1) is 21.6 Å². The number of hydrogen-bond donors (Lipinski definition) is 0. The van der Waals surface area contributed by atoms with E-state index in [1.165, 1.54) is 6.07 Å². The third-order valence-electron chi connectivity index (χ3n) is 6.45. The highest BCUT2D eigenvalue weighted by Gasteiger charge is 2.42. The Morgan fingerprint density at radius 3 is 2.07 bits per heavy atom. The first-order valence-electron chi connectivity index (χ1n) is 9.89. The molecule has 146 valence electrons. The van der Waals surface area contributed by atoms with Gasteiger partial charge in [-0.2, -0.15) is 0 Å². The van der Waals surface area contributed by atoms with Crippen LogP contribution in [0.4, 0.5) is 5.69 Å². The maximum absolute atomic E-state index is 12.6. The van der Waals surface area contributed by atoms with E-state index in [2.05, 4.69) is 0 Å². The molecule has 0 N–H and O–H groups in total. The lowest BCUT2D eigenvalue weighted by atomic mass is 9.72. The van der Waals surface area contributed by atoms with Crippen molar-refractivity contribution in [1.29, 1.82) is 0 Å². The van der Waals surface area contributed by atoms with Crippen molar-refractivity contribution in [2.75, 3.05) is 0 Å². The van der Waals surface area contributed by atoms with Crippen molar-refractivity contribution in [2.24, 2.45) is 0 Å². The van der Waals surface area contributed by atoms with Crippen LogP contribution in [0.15, 0.2) is 42.5 Å². The molecule has 6 nitrogen and oxygen atoms in total. The first-order valence-corrected chi connectivity index (χ1v) is 9.89. The summed E-state index contributed by atoms with van der Waals surface area (Å²) < 4.78 is 5.01. The summed E-state index contributed by atoms with van der Waals surface area (Å²) in [5.74, 6) is -1.25. The molecule has 0 radical (unpaired) electrons. The third-order valence-corrected chi connectivity index (χ3v) is 6.45. The Kier molecular flexibility index (Phi) is 3.34. The van der Waals surface area contributed by atoms with Gasteiger partial charge in [0, 0.05) is 11.6 Å². The molecule has 0 amide bonds. The second-order valence-corrected chi connectivity index (χ2v) is 7.86. The van der Waals surface area contributed by atoms with E-state index in [1.807, 2.05) is 30.3 Å². The summed E-state index contributed by atoms with van der Waals surface area (Å²) in [6.07, 6.45) is 2.42. The van der Waals surface area contributed by atoms with Gasteiger partial charge in [0.25, 0.3) is 5.69 Å². The highest BCUT2D eigenvalue weighted by molar-refractivity contribution is 6.19. The lowest BCUT2D eigenvalue weighted by Crippen LogP contribution is -2.17. The number of carbonyl (C=O) groups excluding carboxylic acids is 2. The second kappa shape index (κ2) is 5.86. The van der Waals surface area contributed by atoms with Crippen LogP contribution >= 0.6 is 0 Å². The maximum atomic E-state index is 12.6. The summed E-state index contributed by atoms with van der Waals surface area (Å²) in [7, 11) is 0. The van der Waals surface area contributed by atoms with E-state index >= 15 is 0 Å². The first kappa shape index (κ1) is 17.1. The van der Waals surface area contributed by atoms with Crippen molar-refractivity contribution < 1.29 is 19.2 Å². The molecule has 3 aromatic carbocycles. The number of nitro groups is 1. The predicted molar refractivity (Wildman–Crippen MR) is 109 cm³/mol. The van der Waals surface area contributed by atoms with Crippen molar-refractivity contribution in [3.63, 3.8) is 0 Å². The number of rotatable bonds is 1. The van der Waals surface area contributed by atoms with Crippen LogP contribution in [0.3, 0.4) is 0 Å². The van der Waals surface area contributed by atoms with Gasteiger partial charge in [-0.15, -0.1) is 0 Å². The molecule has 2 aliphatic carbocycles. The van der Waals surface area contributed by atoms with Crippen molar-refractivity contribution in [3.8, 4) is 22.3 Å². The number of aryl methyl sites for hydroxylation is 2. The number of nitrogens with zero attached hydrogens (tertiary/aromatic N) is 1. The predicted octanol–water partition coefficient (Wildman–Crippen LogP) is 4.44. The van der Waals surface area contributed by atoms with Gasteiger partial charge in [-0.3, -0.25) is 10.1 Å². The number of hydrogen-bond acceptors (Lipinski definition) is 5. The average molecular weight is 397 g/mol. The number of esters is 2. The Morgan fingerprint density at radius 1 is 0.700 bits per heavy atom. The molecule has 0 unspecified atom stereocenters. The Hall–Kier alpha value is -3.80. The normalized spacial score (nSPS) is 15.5. The van der Waals surface area contributed by atoms with Crippen LogP contribution in [-0.2, 0) is 30.4 Å². The number of ether oxygens (including phenoxy) is 1. The van der Waals surface area contributed by atoms with Crippen LogP contribution in [-0.4, -0.2) is 16.9 Å². The van der Waals surface area contributed by atoms with Gasteiger partial charge in [0.2, 0.25) is 0 Å². The lowest BCUT2D eigenvalue weighted by molar-refractivity contribution is -0.384. The van der Waals surface area contributed by atoms with Crippen molar-refractivity contribution >= 4 is 17.6 Å². The highest BCUT2D eigenvalue weighted by atomic mass is 16.6. The Morgan fingerprint density at radius 2 is 1.33 bits per heavy atom. The standard InChI is InChI=1S/C24H15NO5/c26-23-21-15-10-8-12-4-1-2-6-14(12)19(15)20-16(22(21)24(27)30-23)11-9-13-5-3-7-17(18(13)20)25(28)29/h1-7H,8-11H2. The van der Waals surface area contributed by atoms with Crippen LogP contribution < -0.4 is 0 Å². The molecule has 1 aliphatic heterocycles. The summed E-state index contributed by atoms with van der Waals surface area (Å²) >= 11 is 0. The zero-order valence-corrected chi connectivity index (χ0v) is 15.9. The van der Waals surface area contributed by atoms with Gasteiger partial charge < -0.3 is 4.74 Å². The molecule has 0 fully saturated rings. The molecule has 1 heterocycles. The van der Waals surface area contributed by atoms with Gasteiger partial charge in [0.1, 0.15) is 0 Å². The summed E-state index contributed by atoms with van der Waals surface area (Å²) in [4.78, 5) is 36.8. The fraction of sp³-hybridized carbons (Fsp3) is 0.167. The van der Waals surface area contributed by atoms with Crippen LogP contribution in [0, 0.1) is 10.1 Å². The van der Waals surface area contributed by atoms with Gasteiger partial charge in [-0.25, -0.2) is 9.59 Å². The van der Waals surface area contributed by atoms with E-state index in [0.29, 0.717) is 41.5 Å². The molecule has 3 aromatic rings. The van der Waals surface area contributed by atoms with Gasteiger partial charge >= 0.3 is 11.9 Å². The number of fused-ring (bicyclic) bond motifs is 10. The van der Waals surface area contributed by atoms with Gasteiger partial charge in [-0.05, 0) is 59.1 Å². The molecule has 0 spiro atoms. The molecular weight excluding hydrogens is 382 g/mol. The average Bonchev–Trinajstić information content (AvgIpc) is 3.06. The molecule has 30 heavy (non-hydrogen) atoms. The van der Waals surface area contributed by atoms with E-state index in [-0.39, 0.29) is 10.6 Å². The molecule has 0 saturated heterocycles. The zero-order chi connectivity index (χ0) is 20.6. The fourth-order valence-corrected chi connectivity index (χ4v) is 5.30. The van der Waals surface area contributed by atoms with E-state index in [4.69, 9.17) is 4.74 Å². The minimum Gasteiger partial charge on any atom is -0.386 e. The summed E-state index contributed by atoms with van der Waals surface area (Å²) in [6.45, 7) is 0. The minimum atomic E-state index is -0.644. The van der Waals surface area contributed by atoms with Crippen LogP contribution in [0.25, 0.3) is 22.3 Å². The summed E-state index contributed by atoms with van der Waals surface area (Å²) in [5, 5.41) is 11.9. The smallest absolute Gasteiger partial charge is 0.347 e. The molecular formula is C24H15NO5. The van der Waals surface area contributed by atoms with Crippen molar-refractivity contribution in [1.82, 2.24) is 0 Å². The van der Waals surface area contributed by atoms with E-state index in [0.717, 1.165) is 39.8 Å². The molecule has 6 heteroatoms. The fourth-order valence-electron chi connectivity index (χ4n) is 5.30. The van der Waals surface area contributed by atoms with Gasteiger partial charge in [-0.1, -0.05) is 36.4 Å². The summed E-state index contributed by atoms with van der Waals surface area (Å²) in [6, 6.07) is 13.1. The quantitative estimate of drug-likeness (QED) is 0.262. The van der Waals surface area contributed by atoms with E-state index in [1.54, 1.807) is 6.07 Å². The number of nitro benzene ring substituents is 1. The number of cyclic esters (lactones) is 2. The third kappa shape index (κ3) is 2.08. The highest BCUT2D eigenvalue weighted by Crippen LogP contribution is 2.52. The maximum Gasteiger partial charge on any atom is 0.347 e. The monoisotopic (exact) mass is 397 g/mol. The topological polar surface area (TPSA) is 86.5 Å². The van der Waals surface area contributed by atoms with Crippen molar-refractivity contribution in [2.45, 2.75) is 25.7 Å². The summed E-state index contributed by atoms with van der Waals surface area (Å²) in [5.41, 5.74) is 7.25. The molecule has 0 atom stereocenters. The van der Waals surface area contributed by atoms with Crippen molar-refractivity contribution in [3.05, 3.63) is 86.0 Å². The Bertz CT molecular complexity index is 1340. The largest absolute Gasteiger partial charge is 0.386 e. The molecule has 3 aliphatic rings. The molecule has 0 aromatic heterocycles. The van der Waals surface area contributed by atoms with Crippen LogP contribution in [0.1, 0.15) is 43.0 Å². The Labute approximate surface area is 171 Å². The number of benzene rings is 3. The molecule has 6 rings (SSSR count). The minimum absolute atomic E-state index is 0.0244. The molecule has 0 bridgehead atoms. The van der Waals surface area contributed by atoms with Crippen LogP contribution in [0.5, 0.6) is 0 Å². The first-order chi connectivity index (χ1) is 14.6. The van der Waals surface area contributed by atoms with Gasteiger partial charge in [0.15, 0.2) is 0 Å². The lowest BCUT2D eigenvalue weighted by Gasteiger charge is -2.30. The second-order valence-electron chi connectivity index (χ2n) is 7.86. The van der Waals surface area contributed by atoms with Crippen LogP contribution in [0.2, 0.25) is 0 Å². The SMILES string of the molecule is O=C1OC(=O)c2c3c(c4c(c21)CCc1ccccc1-4)-c1c(cccc1[N+](=O)[O-])CC3. The zero-order valence-electron chi connectivity index (χ0n) is 15.9.